The van der Waals surface area contributed by atoms with E-state index in [0.717, 1.165) is 6.42 Å². The van der Waals surface area contributed by atoms with Crippen molar-refractivity contribution in [1.82, 2.24) is 20.4 Å². The molecule has 4 N–H and O–H groups in total. The van der Waals surface area contributed by atoms with E-state index in [2.05, 4.69) is 30.7 Å². The molecule has 0 saturated carbocycles. The Bertz CT molecular complexity index is 962. The van der Waals surface area contributed by atoms with Crippen LogP contribution in [0.4, 0.5) is 16.0 Å². The number of H-pyrrole nitrogens is 1. The van der Waals surface area contributed by atoms with Gasteiger partial charge in [0.05, 0.1) is 16.2 Å². The highest BCUT2D eigenvalue weighted by atomic mass is 35.5. The molecule has 2 heterocycles. The zero-order valence-corrected chi connectivity index (χ0v) is 15.2. The topological polar surface area (TPSA) is 107 Å². The molecule has 0 atom stereocenters. The van der Waals surface area contributed by atoms with Crippen molar-refractivity contribution in [3.63, 3.8) is 0 Å². The standard InChI is InChI=1S/C17H18ClFN6O2/c1-27-8-2-6-21-17-23-14-11(5-7-20-16(14)24-17)15(25-26)22-10-3-4-13(19)12(18)9-10/h3-5,7,9,26H,2,6,8H2,1H3,(H,22,25)(H2,20,21,23,24). The molecule has 1 aromatic carbocycles. The number of nitrogens with one attached hydrogen (secondary N) is 3. The molecule has 0 bridgehead atoms. The number of aromatic nitrogens is 3. The molecule has 0 aliphatic heterocycles. The van der Waals surface area contributed by atoms with Crippen molar-refractivity contribution < 1.29 is 14.3 Å². The minimum Gasteiger partial charge on any atom is -0.385 e. The third kappa shape index (κ3) is 4.51. The quantitative estimate of drug-likeness (QED) is 0.213. The lowest BCUT2D eigenvalue weighted by atomic mass is 10.2. The van der Waals surface area contributed by atoms with E-state index >= 15 is 0 Å². The number of amidine groups is 1. The molecular weight excluding hydrogens is 375 g/mol. The molecule has 0 aliphatic rings. The Hall–Kier alpha value is -2.75. The number of benzene rings is 1. The lowest BCUT2D eigenvalue weighted by Crippen LogP contribution is -2.20. The molecule has 0 saturated heterocycles. The summed E-state index contributed by atoms with van der Waals surface area (Å²) < 4.78 is 18.3. The average molecular weight is 393 g/mol. The lowest BCUT2D eigenvalue weighted by molar-refractivity contribution is 0.197. The third-order valence-corrected chi connectivity index (χ3v) is 4.00. The number of imidazole rings is 1. The van der Waals surface area contributed by atoms with Crippen molar-refractivity contribution >= 4 is 40.2 Å². The molecule has 3 rings (SSSR count). The molecule has 3 aromatic rings. The van der Waals surface area contributed by atoms with Crippen molar-refractivity contribution in [2.75, 3.05) is 25.6 Å². The van der Waals surface area contributed by atoms with Gasteiger partial charge in [-0.3, -0.25) is 10.7 Å². The summed E-state index contributed by atoms with van der Waals surface area (Å²) in [4.78, 5) is 16.0. The maximum Gasteiger partial charge on any atom is 0.202 e. The van der Waals surface area contributed by atoms with Gasteiger partial charge in [-0.1, -0.05) is 11.6 Å². The van der Waals surface area contributed by atoms with Gasteiger partial charge in [0, 0.05) is 32.0 Å². The van der Waals surface area contributed by atoms with E-state index in [4.69, 9.17) is 16.3 Å². The van der Waals surface area contributed by atoms with E-state index in [-0.39, 0.29) is 10.9 Å². The molecule has 0 aliphatic carbocycles. The van der Waals surface area contributed by atoms with Crippen LogP contribution in [0.1, 0.15) is 12.0 Å². The van der Waals surface area contributed by atoms with E-state index in [1.54, 1.807) is 19.4 Å². The molecule has 10 heteroatoms. The van der Waals surface area contributed by atoms with Crippen LogP contribution in [0.5, 0.6) is 0 Å². The molecule has 0 amide bonds. The fourth-order valence-electron chi connectivity index (χ4n) is 2.44. The monoisotopic (exact) mass is 392 g/mol. The Morgan fingerprint density at radius 1 is 1.41 bits per heavy atom. The van der Waals surface area contributed by atoms with E-state index < -0.39 is 5.82 Å². The first-order valence-corrected chi connectivity index (χ1v) is 8.52. The van der Waals surface area contributed by atoms with Crippen LogP contribution in [0, 0.1) is 5.82 Å². The number of pyridine rings is 1. The molecule has 2 aromatic heterocycles. The van der Waals surface area contributed by atoms with Crippen LogP contribution in [0.3, 0.4) is 0 Å². The maximum absolute atomic E-state index is 13.3. The minimum absolute atomic E-state index is 0.0579. The number of ether oxygens (including phenoxy) is 1. The van der Waals surface area contributed by atoms with Gasteiger partial charge in [-0.2, -0.15) is 4.98 Å². The number of aliphatic imine (C=N–C) groups is 1. The summed E-state index contributed by atoms with van der Waals surface area (Å²) in [6.45, 7) is 1.32. The SMILES string of the molecule is COCCCNc1nc2nccc(C(=Nc3ccc(F)c(Cl)c3)NO)c2[nH]1. The Labute approximate surface area is 159 Å². The fraction of sp³-hybridized carbons (Fsp3) is 0.235. The molecule has 27 heavy (non-hydrogen) atoms. The average Bonchev–Trinajstić information content (AvgIpc) is 3.09. The van der Waals surface area contributed by atoms with Gasteiger partial charge >= 0.3 is 0 Å². The normalized spacial score (nSPS) is 11.8. The molecule has 8 nitrogen and oxygen atoms in total. The van der Waals surface area contributed by atoms with Gasteiger partial charge in [0.15, 0.2) is 11.5 Å². The number of hydrogen-bond acceptors (Lipinski definition) is 6. The summed E-state index contributed by atoms with van der Waals surface area (Å²) in [7, 11) is 1.65. The molecule has 142 valence electrons. The second kappa shape index (κ2) is 8.76. The van der Waals surface area contributed by atoms with Crippen LogP contribution in [-0.4, -0.2) is 46.3 Å². The second-order valence-electron chi connectivity index (χ2n) is 5.59. The Balaban J connectivity index is 1.92. The van der Waals surface area contributed by atoms with Crippen molar-refractivity contribution in [1.29, 1.82) is 0 Å². The minimum atomic E-state index is -0.543. The van der Waals surface area contributed by atoms with Gasteiger partial charge in [0.1, 0.15) is 5.82 Å². The van der Waals surface area contributed by atoms with E-state index in [0.29, 0.717) is 41.5 Å². The van der Waals surface area contributed by atoms with Gasteiger partial charge in [0.2, 0.25) is 5.95 Å². The summed E-state index contributed by atoms with van der Waals surface area (Å²) in [5, 5.41) is 12.6. The van der Waals surface area contributed by atoms with E-state index in [1.807, 2.05) is 0 Å². The van der Waals surface area contributed by atoms with Crippen molar-refractivity contribution in [2.45, 2.75) is 6.42 Å². The summed E-state index contributed by atoms with van der Waals surface area (Å²) in [5.74, 6) is 0.140. The Morgan fingerprint density at radius 2 is 2.26 bits per heavy atom. The van der Waals surface area contributed by atoms with Crippen LogP contribution in [0.2, 0.25) is 5.02 Å². The summed E-state index contributed by atoms with van der Waals surface area (Å²) in [5.41, 5.74) is 4.02. The van der Waals surface area contributed by atoms with E-state index in [9.17, 15) is 9.60 Å². The van der Waals surface area contributed by atoms with Crippen LogP contribution >= 0.6 is 11.6 Å². The van der Waals surface area contributed by atoms with Crippen molar-refractivity contribution in [2.24, 2.45) is 4.99 Å². The number of rotatable bonds is 7. The van der Waals surface area contributed by atoms with Gasteiger partial charge < -0.3 is 15.0 Å². The summed E-state index contributed by atoms with van der Waals surface area (Å²) in [6, 6.07) is 5.69. The first kappa shape index (κ1) is 19.0. The smallest absolute Gasteiger partial charge is 0.202 e. The molecule has 0 spiro atoms. The molecule has 0 radical (unpaired) electrons. The van der Waals surface area contributed by atoms with Gasteiger partial charge in [-0.15, -0.1) is 0 Å². The fourth-order valence-corrected chi connectivity index (χ4v) is 2.62. The summed E-state index contributed by atoms with van der Waals surface area (Å²) >= 11 is 5.79. The van der Waals surface area contributed by atoms with Crippen molar-refractivity contribution in [3.8, 4) is 0 Å². The summed E-state index contributed by atoms with van der Waals surface area (Å²) in [6.07, 6.45) is 2.38. The highest BCUT2D eigenvalue weighted by Crippen LogP contribution is 2.23. The van der Waals surface area contributed by atoms with Gasteiger partial charge in [-0.05, 0) is 30.7 Å². The highest BCUT2D eigenvalue weighted by molar-refractivity contribution is 6.31. The molecule has 0 fully saturated rings. The number of hydroxylamine groups is 1. The maximum atomic E-state index is 13.3. The predicted molar refractivity (Wildman–Crippen MR) is 101 cm³/mol. The third-order valence-electron chi connectivity index (χ3n) is 3.71. The highest BCUT2D eigenvalue weighted by Gasteiger charge is 2.13. The largest absolute Gasteiger partial charge is 0.385 e. The number of methoxy groups -OCH3 is 1. The first-order valence-electron chi connectivity index (χ1n) is 8.14. The lowest BCUT2D eigenvalue weighted by Gasteiger charge is -2.06. The Kier molecular flexibility index (Phi) is 6.17. The van der Waals surface area contributed by atoms with Crippen LogP contribution in [-0.2, 0) is 4.74 Å². The number of hydrogen-bond donors (Lipinski definition) is 4. The van der Waals surface area contributed by atoms with Gasteiger partial charge in [-0.25, -0.2) is 14.4 Å². The number of fused-ring (bicyclic) bond motifs is 1. The van der Waals surface area contributed by atoms with E-state index in [1.165, 1.54) is 18.2 Å². The zero-order chi connectivity index (χ0) is 19.2. The van der Waals surface area contributed by atoms with Crippen LogP contribution < -0.4 is 10.8 Å². The van der Waals surface area contributed by atoms with Gasteiger partial charge in [0.25, 0.3) is 0 Å². The van der Waals surface area contributed by atoms with Crippen molar-refractivity contribution in [3.05, 3.63) is 46.9 Å². The van der Waals surface area contributed by atoms with Crippen LogP contribution in [0.15, 0.2) is 35.5 Å². The second-order valence-corrected chi connectivity index (χ2v) is 5.99. The van der Waals surface area contributed by atoms with Crippen LogP contribution in [0.25, 0.3) is 11.2 Å². The molecule has 0 unspecified atom stereocenters. The number of anilines is 1. The number of nitrogens with zero attached hydrogens (tertiary/aromatic N) is 3. The number of aromatic amines is 1. The first-order chi connectivity index (χ1) is 13.1. The predicted octanol–water partition coefficient (Wildman–Crippen LogP) is 3.26. The Morgan fingerprint density at radius 3 is 3.00 bits per heavy atom. The molecular formula is C17H18ClFN6O2. The zero-order valence-electron chi connectivity index (χ0n) is 14.5. The number of halogens is 2.